The van der Waals surface area contributed by atoms with Gasteiger partial charge in [0.2, 0.25) is 0 Å². The molecule has 0 saturated carbocycles. The van der Waals surface area contributed by atoms with Gasteiger partial charge in [0.25, 0.3) is 0 Å². The molecule has 1 unspecified atom stereocenters. The summed E-state index contributed by atoms with van der Waals surface area (Å²) in [6, 6.07) is 0. The van der Waals surface area contributed by atoms with Gasteiger partial charge in [-0.1, -0.05) is 6.92 Å². The first-order chi connectivity index (χ1) is 5.31. The Bertz CT molecular complexity index is 80.5. The first-order valence-electron chi connectivity index (χ1n) is 4.15. The third kappa shape index (κ3) is 8.11. The van der Waals surface area contributed by atoms with Gasteiger partial charge in [0, 0.05) is 19.0 Å². The minimum Gasteiger partial charge on any atom is -0.380 e. The first-order valence-corrected chi connectivity index (χ1v) is 4.69. The van der Waals surface area contributed by atoms with Gasteiger partial charge >= 0.3 is 0 Å². The van der Waals surface area contributed by atoms with Crippen LogP contribution in [-0.2, 0) is 4.74 Å². The van der Waals surface area contributed by atoms with Gasteiger partial charge < -0.3 is 10.1 Å². The van der Waals surface area contributed by atoms with Crippen LogP contribution >= 0.6 is 11.6 Å². The van der Waals surface area contributed by atoms with Crippen molar-refractivity contribution >= 4 is 11.6 Å². The van der Waals surface area contributed by atoms with Crippen molar-refractivity contribution in [3.63, 3.8) is 0 Å². The van der Waals surface area contributed by atoms with Crippen LogP contribution in [-0.4, -0.2) is 32.2 Å². The zero-order valence-corrected chi connectivity index (χ0v) is 8.16. The Hall–Kier alpha value is 0.210. The van der Waals surface area contributed by atoms with Crippen molar-refractivity contribution in [2.45, 2.75) is 13.8 Å². The minimum atomic E-state index is 0.554. The number of hydrogen-bond donors (Lipinski definition) is 1. The zero-order valence-electron chi connectivity index (χ0n) is 7.40. The fraction of sp³-hybridized carbons (Fsp3) is 1.00. The molecule has 1 N–H and O–H groups in total. The lowest BCUT2D eigenvalue weighted by molar-refractivity contribution is 0.148. The average Bonchev–Trinajstić information content (AvgIpc) is 2.04. The number of hydrogen-bond acceptors (Lipinski definition) is 2. The number of rotatable bonds is 7. The van der Waals surface area contributed by atoms with Crippen LogP contribution in [0.1, 0.15) is 13.8 Å². The molecule has 0 amide bonds. The monoisotopic (exact) mass is 179 g/mol. The van der Waals surface area contributed by atoms with Gasteiger partial charge in [0.1, 0.15) is 0 Å². The summed E-state index contributed by atoms with van der Waals surface area (Å²) in [5, 5.41) is 3.26. The maximum Gasteiger partial charge on any atom is 0.0590 e. The average molecular weight is 180 g/mol. The molecule has 11 heavy (non-hydrogen) atoms. The molecule has 0 aromatic carbocycles. The summed E-state index contributed by atoms with van der Waals surface area (Å²) in [4.78, 5) is 0. The van der Waals surface area contributed by atoms with Crippen LogP contribution in [0.3, 0.4) is 0 Å². The van der Waals surface area contributed by atoms with Crippen molar-refractivity contribution in [1.82, 2.24) is 5.32 Å². The molecule has 1 atom stereocenters. The summed E-state index contributed by atoms with van der Waals surface area (Å²) < 4.78 is 5.15. The fourth-order valence-electron chi connectivity index (χ4n) is 0.692. The normalized spacial score (nSPS) is 13.4. The minimum absolute atomic E-state index is 0.554. The number of alkyl halides is 1. The molecule has 0 rings (SSSR count). The van der Waals surface area contributed by atoms with Gasteiger partial charge in [-0.2, -0.15) is 0 Å². The summed E-state index contributed by atoms with van der Waals surface area (Å²) in [6.07, 6.45) is 0. The quantitative estimate of drug-likeness (QED) is 0.473. The molecule has 0 aromatic heterocycles. The molecule has 68 valence electrons. The van der Waals surface area contributed by atoms with Crippen LogP contribution in [0.25, 0.3) is 0 Å². The highest BCUT2D eigenvalue weighted by atomic mass is 35.5. The van der Waals surface area contributed by atoms with E-state index in [0.717, 1.165) is 32.2 Å². The Labute approximate surface area is 74.3 Å². The van der Waals surface area contributed by atoms with Gasteiger partial charge in [-0.25, -0.2) is 0 Å². The highest BCUT2D eigenvalue weighted by molar-refractivity contribution is 6.18. The van der Waals surface area contributed by atoms with E-state index in [1.54, 1.807) is 0 Å². The van der Waals surface area contributed by atoms with Crippen LogP contribution < -0.4 is 5.32 Å². The summed E-state index contributed by atoms with van der Waals surface area (Å²) >= 11 is 5.62. The zero-order chi connectivity index (χ0) is 8.53. The van der Waals surface area contributed by atoms with Gasteiger partial charge in [-0.05, 0) is 19.4 Å². The molecule has 2 nitrogen and oxygen atoms in total. The van der Waals surface area contributed by atoms with Gasteiger partial charge in [0.05, 0.1) is 6.61 Å². The third-order valence-corrected chi connectivity index (χ3v) is 1.91. The Morgan fingerprint density at radius 3 is 2.82 bits per heavy atom. The van der Waals surface area contributed by atoms with E-state index in [9.17, 15) is 0 Å². The Balaban J connectivity index is 2.89. The lowest BCUT2D eigenvalue weighted by atomic mass is 10.2. The van der Waals surface area contributed by atoms with Crippen molar-refractivity contribution in [2.24, 2.45) is 5.92 Å². The summed E-state index contributed by atoms with van der Waals surface area (Å²) in [5.74, 6) is 1.28. The lowest BCUT2D eigenvalue weighted by Crippen LogP contribution is -2.25. The standard InChI is InChI=1S/C8H18ClNO/c1-3-11-5-4-10-7-8(2)6-9/h8,10H,3-7H2,1-2H3. The molecule has 0 aliphatic carbocycles. The van der Waals surface area contributed by atoms with Crippen molar-refractivity contribution < 1.29 is 4.74 Å². The number of nitrogens with one attached hydrogen (secondary N) is 1. The van der Waals surface area contributed by atoms with Crippen molar-refractivity contribution in [1.29, 1.82) is 0 Å². The van der Waals surface area contributed by atoms with E-state index in [1.807, 2.05) is 6.92 Å². The lowest BCUT2D eigenvalue weighted by Gasteiger charge is -2.08. The largest absolute Gasteiger partial charge is 0.380 e. The molecule has 0 aromatic rings. The van der Waals surface area contributed by atoms with Crippen molar-refractivity contribution in [2.75, 3.05) is 32.2 Å². The van der Waals surface area contributed by atoms with Crippen LogP contribution in [0.5, 0.6) is 0 Å². The molecular formula is C8H18ClNO. The Kier molecular flexibility index (Phi) is 8.47. The van der Waals surface area contributed by atoms with Crippen LogP contribution in [0.4, 0.5) is 0 Å². The van der Waals surface area contributed by atoms with E-state index in [-0.39, 0.29) is 0 Å². The second kappa shape index (κ2) is 8.31. The first kappa shape index (κ1) is 11.2. The highest BCUT2D eigenvalue weighted by Gasteiger charge is 1.97. The second-order valence-electron chi connectivity index (χ2n) is 2.66. The number of halogens is 1. The molecule has 0 radical (unpaired) electrons. The third-order valence-electron chi connectivity index (χ3n) is 1.38. The fourth-order valence-corrected chi connectivity index (χ4v) is 0.801. The summed E-state index contributed by atoms with van der Waals surface area (Å²) in [7, 11) is 0. The van der Waals surface area contributed by atoms with E-state index in [1.165, 1.54) is 0 Å². The molecule has 0 aliphatic heterocycles. The van der Waals surface area contributed by atoms with Crippen molar-refractivity contribution in [3.8, 4) is 0 Å². The van der Waals surface area contributed by atoms with Crippen LogP contribution in [0.2, 0.25) is 0 Å². The van der Waals surface area contributed by atoms with E-state index in [4.69, 9.17) is 16.3 Å². The topological polar surface area (TPSA) is 21.3 Å². The van der Waals surface area contributed by atoms with E-state index in [2.05, 4.69) is 12.2 Å². The van der Waals surface area contributed by atoms with Gasteiger partial charge in [0.15, 0.2) is 0 Å². The van der Waals surface area contributed by atoms with Gasteiger partial charge in [-0.15, -0.1) is 11.6 Å². The molecule has 0 bridgehead atoms. The molecule has 0 saturated heterocycles. The molecule has 3 heteroatoms. The SMILES string of the molecule is CCOCCNCC(C)CCl. The van der Waals surface area contributed by atoms with Crippen molar-refractivity contribution in [3.05, 3.63) is 0 Å². The van der Waals surface area contributed by atoms with E-state index < -0.39 is 0 Å². The van der Waals surface area contributed by atoms with Gasteiger partial charge in [-0.3, -0.25) is 0 Å². The Morgan fingerprint density at radius 1 is 1.55 bits per heavy atom. The number of ether oxygens (including phenoxy) is 1. The smallest absolute Gasteiger partial charge is 0.0590 e. The predicted molar refractivity (Wildman–Crippen MR) is 49.2 cm³/mol. The maximum atomic E-state index is 5.62. The highest BCUT2D eigenvalue weighted by Crippen LogP contribution is 1.93. The van der Waals surface area contributed by atoms with E-state index in [0.29, 0.717) is 5.92 Å². The molecule has 0 spiro atoms. The summed E-state index contributed by atoms with van der Waals surface area (Å²) in [6.45, 7) is 7.63. The summed E-state index contributed by atoms with van der Waals surface area (Å²) in [5.41, 5.74) is 0. The molecule has 0 heterocycles. The van der Waals surface area contributed by atoms with E-state index >= 15 is 0 Å². The van der Waals surface area contributed by atoms with Crippen LogP contribution in [0, 0.1) is 5.92 Å². The maximum absolute atomic E-state index is 5.62. The molecular weight excluding hydrogens is 162 g/mol. The Morgan fingerprint density at radius 2 is 2.27 bits per heavy atom. The molecule has 0 aliphatic rings. The van der Waals surface area contributed by atoms with Crippen LogP contribution in [0.15, 0.2) is 0 Å². The molecule has 0 fully saturated rings. The second-order valence-corrected chi connectivity index (χ2v) is 2.97. The predicted octanol–water partition coefficient (Wildman–Crippen LogP) is 1.49.